The van der Waals surface area contributed by atoms with Crippen LogP contribution in [0.5, 0.6) is 0 Å². The second kappa shape index (κ2) is 12.4. The first-order chi connectivity index (χ1) is 20.2. The molecule has 1 amide bonds. The average molecular weight is 592 g/mol. The van der Waals surface area contributed by atoms with Crippen LogP contribution < -0.4 is 14.5 Å². The van der Waals surface area contributed by atoms with Crippen molar-refractivity contribution in [1.82, 2.24) is 0 Å². The molecular formula is C31H33N3O7S. The normalized spacial score (nSPS) is 15.0. The maximum atomic E-state index is 13.2. The number of fused-ring (bicyclic) bond motifs is 1. The summed E-state index contributed by atoms with van der Waals surface area (Å²) in [6.45, 7) is 8.14. The molecule has 2 heterocycles. The second-order valence-corrected chi connectivity index (χ2v) is 11.3. The van der Waals surface area contributed by atoms with Gasteiger partial charge in [-0.2, -0.15) is 0 Å². The number of nitrogens with one attached hydrogen (secondary N) is 1. The standard InChI is InChI=1S/C31H33N3O7S/c1-19(2)28(31(36)37)34(42(38)39)24-13-9-22(10-14-24)21-7-11-23(12-8-21)32-30(35)29-20(3)27-25(5-4-6-26(27)41-29)33-15-17-40-18-16-33/h4-14,19,28H,15-18H2,1-3H3,(H,32,35)(H,36,37)(H,38,39). The highest BCUT2D eigenvalue weighted by molar-refractivity contribution is 7.80. The Morgan fingerprint density at radius 2 is 1.60 bits per heavy atom. The van der Waals surface area contributed by atoms with Gasteiger partial charge in [-0.15, -0.1) is 0 Å². The summed E-state index contributed by atoms with van der Waals surface area (Å²) >= 11 is -2.51. The molecule has 11 heteroatoms. The SMILES string of the molecule is Cc1c(C(=O)Nc2ccc(-c3ccc(N(C(C(=O)O)C(C)C)S(=O)O)cc3)cc2)oc2cccc(N3CCOCC3)c12. The minimum atomic E-state index is -2.51. The number of carboxylic acids is 1. The van der Waals surface area contributed by atoms with Crippen LogP contribution in [0.2, 0.25) is 0 Å². The lowest BCUT2D eigenvalue weighted by Crippen LogP contribution is -2.45. The Morgan fingerprint density at radius 3 is 2.17 bits per heavy atom. The molecule has 1 aromatic heterocycles. The van der Waals surface area contributed by atoms with Gasteiger partial charge in [-0.1, -0.05) is 44.2 Å². The number of anilines is 3. The quantitative estimate of drug-likeness (QED) is 0.216. The van der Waals surface area contributed by atoms with E-state index in [2.05, 4.69) is 10.2 Å². The minimum Gasteiger partial charge on any atom is -0.480 e. The van der Waals surface area contributed by atoms with Crippen molar-refractivity contribution in [2.24, 2.45) is 5.92 Å². The van der Waals surface area contributed by atoms with Gasteiger partial charge in [0.05, 0.1) is 18.9 Å². The van der Waals surface area contributed by atoms with Gasteiger partial charge in [0.15, 0.2) is 5.76 Å². The zero-order chi connectivity index (χ0) is 30.0. The predicted octanol–water partition coefficient (Wildman–Crippen LogP) is 5.55. The van der Waals surface area contributed by atoms with E-state index in [1.54, 1.807) is 50.2 Å². The molecule has 220 valence electrons. The van der Waals surface area contributed by atoms with Crippen molar-refractivity contribution in [2.45, 2.75) is 26.8 Å². The molecule has 2 atom stereocenters. The van der Waals surface area contributed by atoms with Crippen molar-refractivity contribution in [3.05, 3.63) is 78.1 Å². The van der Waals surface area contributed by atoms with E-state index in [0.717, 1.165) is 45.2 Å². The fourth-order valence-electron chi connectivity index (χ4n) is 5.30. The van der Waals surface area contributed by atoms with Gasteiger partial charge in [0, 0.05) is 35.4 Å². The number of rotatable bonds is 9. The highest BCUT2D eigenvalue weighted by atomic mass is 32.2. The van der Waals surface area contributed by atoms with Crippen molar-refractivity contribution in [2.75, 3.05) is 40.8 Å². The van der Waals surface area contributed by atoms with E-state index in [1.807, 2.05) is 37.3 Å². The van der Waals surface area contributed by atoms with E-state index in [1.165, 1.54) is 0 Å². The molecule has 0 radical (unpaired) electrons. The number of hydrogen-bond acceptors (Lipinski definition) is 6. The van der Waals surface area contributed by atoms with E-state index >= 15 is 0 Å². The third-order valence-electron chi connectivity index (χ3n) is 7.39. The number of carboxylic acid groups (broad SMARTS) is 1. The Hall–Kier alpha value is -4.19. The van der Waals surface area contributed by atoms with Crippen LogP contribution in [0.1, 0.15) is 30.0 Å². The maximum Gasteiger partial charge on any atom is 0.327 e. The molecule has 42 heavy (non-hydrogen) atoms. The van der Waals surface area contributed by atoms with E-state index in [0.29, 0.717) is 30.2 Å². The van der Waals surface area contributed by atoms with Gasteiger partial charge in [0.25, 0.3) is 17.2 Å². The number of ether oxygens (including phenoxy) is 1. The van der Waals surface area contributed by atoms with Gasteiger partial charge in [0.2, 0.25) is 0 Å². The first-order valence-corrected chi connectivity index (χ1v) is 14.7. The zero-order valence-corrected chi connectivity index (χ0v) is 24.4. The number of morpholine rings is 1. The average Bonchev–Trinajstić information content (AvgIpc) is 3.33. The van der Waals surface area contributed by atoms with Crippen LogP contribution in [0.15, 0.2) is 71.1 Å². The summed E-state index contributed by atoms with van der Waals surface area (Å²) in [7, 11) is 0. The van der Waals surface area contributed by atoms with Crippen molar-refractivity contribution in [3.8, 4) is 11.1 Å². The van der Waals surface area contributed by atoms with Crippen LogP contribution in [-0.4, -0.2) is 58.1 Å². The van der Waals surface area contributed by atoms with E-state index in [9.17, 15) is 23.5 Å². The third-order valence-corrected chi connectivity index (χ3v) is 8.17. The summed E-state index contributed by atoms with van der Waals surface area (Å²) in [6, 6.07) is 18.7. The first kappa shape index (κ1) is 29.3. The number of aryl methyl sites for hydroxylation is 1. The summed E-state index contributed by atoms with van der Waals surface area (Å²) in [5, 5.41) is 13.5. The molecule has 0 bridgehead atoms. The molecule has 1 saturated heterocycles. The minimum absolute atomic E-state index is 0.261. The monoisotopic (exact) mass is 591 g/mol. The number of nitrogens with zero attached hydrogens (tertiary/aromatic N) is 2. The van der Waals surface area contributed by atoms with Gasteiger partial charge in [-0.3, -0.25) is 13.7 Å². The van der Waals surface area contributed by atoms with Crippen LogP contribution in [0.25, 0.3) is 22.1 Å². The molecular weight excluding hydrogens is 558 g/mol. The third kappa shape index (κ3) is 5.89. The molecule has 4 aromatic rings. The molecule has 1 fully saturated rings. The summed E-state index contributed by atoms with van der Waals surface area (Å²) in [5.41, 5.74) is 5.06. The Bertz CT molecular complexity index is 1610. The van der Waals surface area contributed by atoms with Gasteiger partial charge in [0.1, 0.15) is 11.6 Å². The largest absolute Gasteiger partial charge is 0.480 e. The number of benzene rings is 3. The van der Waals surface area contributed by atoms with Crippen LogP contribution in [0.4, 0.5) is 17.1 Å². The fourth-order valence-corrected chi connectivity index (χ4v) is 6.13. The number of carbonyl (C=O) groups excluding carboxylic acids is 1. The van der Waals surface area contributed by atoms with Gasteiger partial charge >= 0.3 is 5.97 Å². The second-order valence-electron chi connectivity index (χ2n) is 10.5. The van der Waals surface area contributed by atoms with Crippen LogP contribution in [0.3, 0.4) is 0 Å². The van der Waals surface area contributed by atoms with Gasteiger partial charge in [-0.25, -0.2) is 9.00 Å². The molecule has 0 spiro atoms. The lowest BCUT2D eigenvalue weighted by atomic mass is 10.0. The number of furan rings is 1. The van der Waals surface area contributed by atoms with Crippen molar-refractivity contribution >= 4 is 51.2 Å². The smallest absolute Gasteiger partial charge is 0.327 e. The van der Waals surface area contributed by atoms with Crippen LogP contribution in [-0.2, 0) is 20.8 Å². The molecule has 1 aliphatic heterocycles. The molecule has 3 aromatic carbocycles. The molecule has 0 aliphatic carbocycles. The van der Waals surface area contributed by atoms with E-state index < -0.39 is 29.2 Å². The van der Waals surface area contributed by atoms with Crippen LogP contribution >= 0.6 is 0 Å². The molecule has 1 aliphatic rings. The van der Waals surface area contributed by atoms with Gasteiger partial charge in [-0.05, 0) is 60.4 Å². The molecule has 5 rings (SSSR count). The molecule has 3 N–H and O–H groups in total. The van der Waals surface area contributed by atoms with E-state index in [4.69, 9.17) is 9.15 Å². The maximum absolute atomic E-state index is 13.2. The summed E-state index contributed by atoms with van der Waals surface area (Å²) < 4.78 is 34.3. The summed E-state index contributed by atoms with van der Waals surface area (Å²) in [4.78, 5) is 27.2. The Morgan fingerprint density at radius 1 is 0.976 bits per heavy atom. The zero-order valence-electron chi connectivity index (χ0n) is 23.6. The summed E-state index contributed by atoms with van der Waals surface area (Å²) in [5.74, 6) is -1.65. The Balaban J connectivity index is 1.32. The Labute approximate surface area is 246 Å². The predicted molar refractivity (Wildman–Crippen MR) is 163 cm³/mol. The van der Waals surface area contributed by atoms with E-state index in [-0.39, 0.29) is 11.7 Å². The van der Waals surface area contributed by atoms with Gasteiger partial charge < -0.3 is 24.5 Å². The molecule has 0 saturated carbocycles. The van der Waals surface area contributed by atoms with Crippen molar-refractivity contribution in [1.29, 1.82) is 0 Å². The number of carbonyl (C=O) groups is 2. The highest BCUT2D eigenvalue weighted by Crippen LogP contribution is 2.35. The topological polar surface area (TPSA) is 133 Å². The number of aliphatic carboxylic acids is 1. The lowest BCUT2D eigenvalue weighted by molar-refractivity contribution is -0.139. The molecule has 2 unspecified atom stereocenters. The Kier molecular flexibility index (Phi) is 8.62. The molecule has 10 nitrogen and oxygen atoms in total. The van der Waals surface area contributed by atoms with Crippen molar-refractivity contribution < 1.29 is 32.6 Å². The number of amides is 1. The number of hydrogen-bond donors (Lipinski definition) is 3. The fraction of sp³-hybridized carbons (Fsp3) is 0.290. The lowest BCUT2D eigenvalue weighted by Gasteiger charge is -2.29. The van der Waals surface area contributed by atoms with Crippen LogP contribution in [0, 0.1) is 12.8 Å². The summed E-state index contributed by atoms with van der Waals surface area (Å²) in [6.07, 6.45) is 0. The first-order valence-electron chi connectivity index (χ1n) is 13.7. The highest BCUT2D eigenvalue weighted by Gasteiger charge is 2.32. The van der Waals surface area contributed by atoms with Crippen molar-refractivity contribution in [3.63, 3.8) is 0 Å².